The van der Waals surface area contributed by atoms with E-state index in [2.05, 4.69) is 21.2 Å². The number of rotatable bonds is 5. The SMILES string of the molecule is CNCC1CCCN(C(=O)Cc2ccc([N+](=O)[O-])cc2Br)C1. The molecule has 0 aliphatic carbocycles. The van der Waals surface area contributed by atoms with Gasteiger partial charge in [0.2, 0.25) is 5.91 Å². The van der Waals surface area contributed by atoms with Gasteiger partial charge in [0.1, 0.15) is 0 Å². The summed E-state index contributed by atoms with van der Waals surface area (Å²) in [7, 11) is 1.93. The lowest BCUT2D eigenvalue weighted by Gasteiger charge is -2.33. The third kappa shape index (κ3) is 4.27. The molecule has 2 rings (SSSR count). The van der Waals surface area contributed by atoms with Gasteiger partial charge in [-0.05, 0) is 37.9 Å². The molecule has 0 saturated carbocycles. The second-order valence-electron chi connectivity index (χ2n) is 5.62. The van der Waals surface area contributed by atoms with Gasteiger partial charge in [0.25, 0.3) is 5.69 Å². The van der Waals surface area contributed by atoms with Crippen molar-refractivity contribution in [2.75, 3.05) is 26.7 Å². The van der Waals surface area contributed by atoms with Crippen LogP contribution in [0.25, 0.3) is 0 Å². The third-order valence-corrected chi connectivity index (χ3v) is 4.69. The average Bonchev–Trinajstić information content (AvgIpc) is 2.49. The van der Waals surface area contributed by atoms with Gasteiger partial charge in [-0.2, -0.15) is 0 Å². The van der Waals surface area contributed by atoms with Gasteiger partial charge < -0.3 is 10.2 Å². The smallest absolute Gasteiger partial charge is 0.270 e. The number of nitrogens with one attached hydrogen (secondary N) is 1. The molecule has 7 heteroatoms. The number of carbonyl (C=O) groups excluding carboxylic acids is 1. The molecule has 6 nitrogen and oxygen atoms in total. The van der Waals surface area contributed by atoms with Gasteiger partial charge in [0, 0.05) is 29.7 Å². The maximum Gasteiger partial charge on any atom is 0.270 e. The Morgan fingerprint density at radius 3 is 2.95 bits per heavy atom. The van der Waals surface area contributed by atoms with E-state index in [1.807, 2.05) is 11.9 Å². The van der Waals surface area contributed by atoms with Crippen molar-refractivity contribution in [2.45, 2.75) is 19.3 Å². The van der Waals surface area contributed by atoms with E-state index in [1.54, 1.807) is 6.07 Å². The highest BCUT2D eigenvalue weighted by Gasteiger charge is 2.23. The second-order valence-corrected chi connectivity index (χ2v) is 6.47. The van der Waals surface area contributed by atoms with Gasteiger partial charge in [0.15, 0.2) is 0 Å². The van der Waals surface area contributed by atoms with E-state index in [0.717, 1.165) is 38.0 Å². The summed E-state index contributed by atoms with van der Waals surface area (Å²) >= 11 is 3.32. The summed E-state index contributed by atoms with van der Waals surface area (Å²) < 4.78 is 0.610. The number of benzene rings is 1. The number of hydrogen-bond acceptors (Lipinski definition) is 4. The molecule has 1 heterocycles. The number of non-ortho nitro benzene ring substituents is 1. The number of hydrogen-bond donors (Lipinski definition) is 1. The van der Waals surface area contributed by atoms with Crippen LogP contribution in [-0.4, -0.2) is 42.4 Å². The Kier molecular flexibility index (Phi) is 5.90. The van der Waals surface area contributed by atoms with Crippen molar-refractivity contribution in [3.05, 3.63) is 38.3 Å². The molecule has 1 fully saturated rings. The zero-order valence-electron chi connectivity index (χ0n) is 12.5. The first-order chi connectivity index (χ1) is 10.5. The van der Waals surface area contributed by atoms with Crippen LogP contribution in [-0.2, 0) is 11.2 Å². The van der Waals surface area contributed by atoms with Crippen LogP contribution in [0.15, 0.2) is 22.7 Å². The Morgan fingerprint density at radius 1 is 1.55 bits per heavy atom. The normalized spacial score (nSPS) is 18.3. The molecule has 1 aliphatic rings. The van der Waals surface area contributed by atoms with Gasteiger partial charge in [-0.1, -0.05) is 22.0 Å². The molecule has 120 valence electrons. The summed E-state index contributed by atoms with van der Waals surface area (Å²) in [6, 6.07) is 4.53. The fraction of sp³-hybridized carbons (Fsp3) is 0.533. The molecule has 1 aromatic rings. The van der Waals surface area contributed by atoms with E-state index in [4.69, 9.17) is 0 Å². The van der Waals surface area contributed by atoms with Crippen molar-refractivity contribution in [3.8, 4) is 0 Å². The molecule has 1 saturated heterocycles. The van der Waals surface area contributed by atoms with Crippen molar-refractivity contribution in [3.63, 3.8) is 0 Å². The number of halogens is 1. The lowest BCUT2D eigenvalue weighted by molar-refractivity contribution is -0.384. The molecule has 1 unspecified atom stereocenters. The van der Waals surface area contributed by atoms with Gasteiger partial charge in [-0.25, -0.2) is 0 Å². The number of likely N-dealkylation sites (tertiary alicyclic amines) is 1. The van der Waals surface area contributed by atoms with Crippen LogP contribution in [0.2, 0.25) is 0 Å². The lowest BCUT2D eigenvalue weighted by Crippen LogP contribution is -2.43. The fourth-order valence-corrected chi connectivity index (χ4v) is 3.32. The number of nitrogens with zero attached hydrogens (tertiary/aromatic N) is 2. The fourth-order valence-electron chi connectivity index (χ4n) is 2.81. The van der Waals surface area contributed by atoms with Crippen molar-refractivity contribution in [1.82, 2.24) is 10.2 Å². The predicted molar refractivity (Wildman–Crippen MR) is 87.7 cm³/mol. The topological polar surface area (TPSA) is 75.5 Å². The van der Waals surface area contributed by atoms with E-state index in [0.29, 0.717) is 10.4 Å². The highest BCUT2D eigenvalue weighted by atomic mass is 79.9. The molecule has 0 spiro atoms. The standard InChI is InChI=1S/C15H20BrN3O3/c1-17-9-11-3-2-6-18(10-11)15(20)7-12-4-5-13(19(21)22)8-14(12)16/h4-5,8,11,17H,2-3,6-7,9-10H2,1H3. The number of piperidine rings is 1. The van der Waals surface area contributed by atoms with E-state index in [9.17, 15) is 14.9 Å². The number of amides is 1. The molecular formula is C15H20BrN3O3. The first-order valence-electron chi connectivity index (χ1n) is 7.36. The van der Waals surface area contributed by atoms with Crippen LogP contribution in [0.1, 0.15) is 18.4 Å². The minimum atomic E-state index is -0.441. The summed E-state index contributed by atoms with van der Waals surface area (Å²) in [6.07, 6.45) is 2.44. The minimum Gasteiger partial charge on any atom is -0.342 e. The Bertz CT molecular complexity index is 563. The maximum absolute atomic E-state index is 12.4. The average molecular weight is 370 g/mol. The molecule has 1 aliphatic heterocycles. The highest BCUT2D eigenvalue weighted by molar-refractivity contribution is 9.10. The Labute approximate surface area is 138 Å². The van der Waals surface area contributed by atoms with Crippen LogP contribution >= 0.6 is 15.9 Å². The third-order valence-electron chi connectivity index (χ3n) is 3.95. The van der Waals surface area contributed by atoms with Gasteiger partial charge in [-0.15, -0.1) is 0 Å². The lowest BCUT2D eigenvalue weighted by atomic mass is 9.97. The zero-order valence-corrected chi connectivity index (χ0v) is 14.1. The monoisotopic (exact) mass is 369 g/mol. The van der Waals surface area contributed by atoms with E-state index in [1.165, 1.54) is 12.1 Å². The summed E-state index contributed by atoms with van der Waals surface area (Å²) in [5.41, 5.74) is 0.807. The molecular weight excluding hydrogens is 350 g/mol. The van der Waals surface area contributed by atoms with E-state index >= 15 is 0 Å². The quantitative estimate of drug-likeness (QED) is 0.638. The molecule has 0 radical (unpaired) electrons. The predicted octanol–water partition coefficient (Wildman–Crippen LogP) is 2.36. The summed E-state index contributed by atoms with van der Waals surface area (Å²) in [5.74, 6) is 0.582. The minimum absolute atomic E-state index is 0.0233. The number of nitro groups is 1. The largest absolute Gasteiger partial charge is 0.342 e. The molecule has 22 heavy (non-hydrogen) atoms. The first kappa shape index (κ1) is 16.9. The van der Waals surface area contributed by atoms with Crippen LogP contribution < -0.4 is 5.32 Å². The van der Waals surface area contributed by atoms with Crippen molar-refractivity contribution < 1.29 is 9.72 Å². The number of nitro benzene ring substituents is 1. The van der Waals surface area contributed by atoms with Gasteiger partial charge >= 0.3 is 0 Å². The molecule has 1 N–H and O–H groups in total. The van der Waals surface area contributed by atoms with Crippen LogP contribution in [0.5, 0.6) is 0 Å². The summed E-state index contributed by atoms with van der Waals surface area (Å²) in [6.45, 7) is 2.50. The molecule has 1 amide bonds. The van der Waals surface area contributed by atoms with Gasteiger partial charge in [0.05, 0.1) is 11.3 Å². The van der Waals surface area contributed by atoms with Crippen molar-refractivity contribution >= 4 is 27.5 Å². The maximum atomic E-state index is 12.4. The molecule has 0 bridgehead atoms. The Morgan fingerprint density at radius 2 is 2.32 bits per heavy atom. The number of carbonyl (C=O) groups is 1. The molecule has 1 atom stereocenters. The van der Waals surface area contributed by atoms with Crippen LogP contribution in [0, 0.1) is 16.0 Å². The molecule has 0 aromatic heterocycles. The zero-order chi connectivity index (χ0) is 16.1. The Balaban J connectivity index is 2.01. The Hall–Kier alpha value is -1.47. The highest BCUT2D eigenvalue weighted by Crippen LogP contribution is 2.24. The van der Waals surface area contributed by atoms with Crippen molar-refractivity contribution in [1.29, 1.82) is 0 Å². The van der Waals surface area contributed by atoms with E-state index < -0.39 is 4.92 Å². The van der Waals surface area contributed by atoms with Crippen molar-refractivity contribution in [2.24, 2.45) is 5.92 Å². The molecule has 1 aromatic carbocycles. The van der Waals surface area contributed by atoms with Crippen LogP contribution in [0.3, 0.4) is 0 Å². The second kappa shape index (κ2) is 7.69. The first-order valence-corrected chi connectivity index (χ1v) is 8.15. The summed E-state index contributed by atoms with van der Waals surface area (Å²) in [4.78, 5) is 24.6. The van der Waals surface area contributed by atoms with Gasteiger partial charge in [-0.3, -0.25) is 14.9 Å². The van der Waals surface area contributed by atoms with Crippen LogP contribution in [0.4, 0.5) is 5.69 Å². The van der Waals surface area contributed by atoms with E-state index in [-0.39, 0.29) is 18.0 Å². The summed E-state index contributed by atoms with van der Waals surface area (Å²) in [5, 5.41) is 13.9.